The molecule has 0 aromatic carbocycles. The molecule has 0 saturated carbocycles. The largest absolute Gasteiger partial charge is 0.362 e. The molecule has 2 aromatic heterocycles. The zero-order chi connectivity index (χ0) is 12.3. The Hall–Kier alpha value is -1.56. The van der Waals surface area contributed by atoms with E-state index in [4.69, 9.17) is 0 Å². The Morgan fingerprint density at radius 2 is 2.24 bits per heavy atom. The minimum Gasteiger partial charge on any atom is -0.362 e. The first kappa shape index (κ1) is 11.9. The number of aromatic nitrogens is 3. The number of rotatable bonds is 4. The van der Waals surface area contributed by atoms with Crippen LogP contribution in [0, 0.1) is 12.7 Å². The monoisotopic (exact) mass is 252 g/mol. The second kappa shape index (κ2) is 5.18. The van der Waals surface area contributed by atoms with Gasteiger partial charge in [-0.3, -0.25) is 0 Å². The van der Waals surface area contributed by atoms with Crippen LogP contribution in [0.5, 0.6) is 0 Å². The molecule has 0 atom stereocenters. The highest BCUT2D eigenvalue weighted by Crippen LogP contribution is 2.15. The molecule has 0 aliphatic rings. The van der Waals surface area contributed by atoms with Crippen molar-refractivity contribution >= 4 is 17.2 Å². The zero-order valence-electron chi connectivity index (χ0n) is 9.70. The van der Waals surface area contributed by atoms with Crippen LogP contribution in [-0.4, -0.2) is 15.0 Å². The first-order valence-corrected chi connectivity index (χ1v) is 6.23. The second-order valence-electron chi connectivity index (χ2n) is 3.55. The summed E-state index contributed by atoms with van der Waals surface area (Å²) in [4.78, 5) is 12.1. The van der Waals surface area contributed by atoms with Crippen molar-refractivity contribution in [3.63, 3.8) is 0 Å². The van der Waals surface area contributed by atoms with Crippen molar-refractivity contribution in [2.75, 3.05) is 5.32 Å². The number of hydrogen-bond acceptors (Lipinski definition) is 5. The number of hydrogen-bond donors (Lipinski definition) is 1. The van der Waals surface area contributed by atoms with Crippen LogP contribution in [0.25, 0.3) is 0 Å². The first-order chi connectivity index (χ1) is 8.20. The maximum atomic E-state index is 13.8. The lowest BCUT2D eigenvalue weighted by atomic mass is 10.3. The van der Waals surface area contributed by atoms with E-state index in [0.717, 1.165) is 10.7 Å². The van der Waals surface area contributed by atoms with Crippen LogP contribution in [0.3, 0.4) is 0 Å². The molecule has 0 aliphatic heterocycles. The average molecular weight is 252 g/mol. The number of halogens is 1. The molecule has 17 heavy (non-hydrogen) atoms. The van der Waals surface area contributed by atoms with Gasteiger partial charge in [-0.25, -0.2) is 19.3 Å². The molecule has 0 aliphatic carbocycles. The van der Waals surface area contributed by atoms with Gasteiger partial charge in [-0.2, -0.15) is 0 Å². The summed E-state index contributed by atoms with van der Waals surface area (Å²) in [5, 5.41) is 5.88. The minimum atomic E-state index is -0.373. The van der Waals surface area contributed by atoms with Gasteiger partial charge in [0.25, 0.3) is 0 Å². The molecule has 2 rings (SSSR count). The molecule has 0 spiro atoms. The number of nitrogens with zero attached hydrogens (tertiary/aromatic N) is 3. The van der Waals surface area contributed by atoms with Crippen LogP contribution in [0.15, 0.2) is 11.7 Å². The summed E-state index contributed by atoms with van der Waals surface area (Å²) in [6.07, 6.45) is 1.93. The molecule has 6 heteroatoms. The van der Waals surface area contributed by atoms with E-state index >= 15 is 0 Å². The van der Waals surface area contributed by atoms with E-state index in [-0.39, 0.29) is 11.6 Å². The van der Waals surface area contributed by atoms with Crippen LogP contribution < -0.4 is 5.32 Å². The quantitative estimate of drug-likeness (QED) is 0.908. The summed E-state index contributed by atoms with van der Waals surface area (Å²) in [6.45, 7) is 4.27. The number of nitrogens with one attached hydrogen (secondary N) is 1. The minimum absolute atomic E-state index is 0.238. The maximum absolute atomic E-state index is 13.8. The molecule has 1 N–H and O–H groups in total. The van der Waals surface area contributed by atoms with Crippen molar-refractivity contribution in [3.8, 4) is 0 Å². The van der Waals surface area contributed by atoms with Gasteiger partial charge in [-0.05, 0) is 13.3 Å². The van der Waals surface area contributed by atoms with Crippen molar-refractivity contribution in [2.24, 2.45) is 0 Å². The van der Waals surface area contributed by atoms with E-state index in [2.05, 4.69) is 20.3 Å². The topological polar surface area (TPSA) is 50.7 Å². The lowest BCUT2D eigenvalue weighted by molar-refractivity contribution is 0.596. The average Bonchev–Trinajstić information content (AvgIpc) is 2.74. The summed E-state index contributed by atoms with van der Waals surface area (Å²) in [6, 6.07) is 0. The highest BCUT2D eigenvalue weighted by atomic mass is 32.1. The Kier molecular flexibility index (Phi) is 3.63. The third-order valence-corrected chi connectivity index (χ3v) is 3.12. The van der Waals surface area contributed by atoms with Crippen LogP contribution in [0.4, 0.5) is 10.2 Å². The molecule has 2 aromatic rings. The smallest absolute Gasteiger partial charge is 0.186 e. The fraction of sp³-hybridized carbons (Fsp3) is 0.364. The normalized spacial score (nSPS) is 10.5. The highest BCUT2D eigenvalue weighted by Gasteiger charge is 2.09. The van der Waals surface area contributed by atoms with Crippen LogP contribution in [0.1, 0.15) is 23.3 Å². The third kappa shape index (κ3) is 2.76. The van der Waals surface area contributed by atoms with Gasteiger partial charge >= 0.3 is 0 Å². The van der Waals surface area contributed by atoms with Crippen molar-refractivity contribution in [1.29, 1.82) is 0 Å². The van der Waals surface area contributed by atoms with Gasteiger partial charge in [0.1, 0.15) is 6.33 Å². The van der Waals surface area contributed by atoms with Gasteiger partial charge in [0.15, 0.2) is 11.6 Å². The lowest BCUT2D eigenvalue weighted by Gasteiger charge is -2.06. The van der Waals surface area contributed by atoms with Crippen molar-refractivity contribution in [3.05, 3.63) is 33.9 Å². The summed E-state index contributed by atoms with van der Waals surface area (Å²) in [7, 11) is 0. The molecule has 0 bridgehead atoms. The Morgan fingerprint density at radius 3 is 2.88 bits per heavy atom. The number of anilines is 1. The van der Waals surface area contributed by atoms with Gasteiger partial charge in [-0.1, -0.05) is 6.92 Å². The van der Waals surface area contributed by atoms with Gasteiger partial charge in [0.05, 0.1) is 22.9 Å². The predicted octanol–water partition coefficient (Wildman–Crippen LogP) is 2.56. The van der Waals surface area contributed by atoms with Crippen molar-refractivity contribution in [1.82, 2.24) is 15.0 Å². The van der Waals surface area contributed by atoms with E-state index in [1.54, 1.807) is 11.3 Å². The van der Waals surface area contributed by atoms with E-state index in [0.29, 0.717) is 18.7 Å². The second-order valence-corrected chi connectivity index (χ2v) is 4.61. The van der Waals surface area contributed by atoms with Gasteiger partial charge in [0, 0.05) is 5.38 Å². The predicted molar refractivity (Wildman–Crippen MR) is 65.5 cm³/mol. The summed E-state index contributed by atoms with van der Waals surface area (Å²) >= 11 is 1.57. The Bertz CT molecular complexity index is 512. The van der Waals surface area contributed by atoms with Crippen LogP contribution in [-0.2, 0) is 13.0 Å². The van der Waals surface area contributed by atoms with E-state index < -0.39 is 0 Å². The molecular weight excluding hydrogens is 239 g/mol. The lowest BCUT2D eigenvalue weighted by Crippen LogP contribution is -2.07. The molecule has 0 unspecified atom stereocenters. The fourth-order valence-corrected chi connectivity index (χ4v) is 2.05. The SMILES string of the molecule is CCc1ncnc(NCc2csc(C)n2)c1F. The summed E-state index contributed by atoms with van der Waals surface area (Å²) < 4.78 is 13.8. The molecule has 90 valence electrons. The Labute approximate surface area is 103 Å². The fourth-order valence-electron chi connectivity index (χ4n) is 1.44. The van der Waals surface area contributed by atoms with Gasteiger partial charge in [0.2, 0.25) is 0 Å². The van der Waals surface area contributed by atoms with Crippen LogP contribution in [0.2, 0.25) is 0 Å². The van der Waals surface area contributed by atoms with Gasteiger partial charge in [-0.15, -0.1) is 11.3 Å². The Morgan fingerprint density at radius 1 is 1.41 bits per heavy atom. The van der Waals surface area contributed by atoms with E-state index in [1.807, 2.05) is 19.2 Å². The molecule has 0 saturated heterocycles. The summed E-state index contributed by atoms with van der Waals surface area (Å²) in [5.74, 6) is -0.135. The zero-order valence-corrected chi connectivity index (χ0v) is 10.5. The molecule has 0 fully saturated rings. The number of thiazole rings is 1. The standard InChI is InChI=1S/C11H13FN4S/c1-3-9-10(12)11(15-6-14-9)13-4-8-5-17-7(2)16-8/h5-6H,3-4H2,1-2H3,(H,13,14,15). The Balaban J connectivity index is 2.09. The van der Waals surface area contributed by atoms with Crippen LogP contribution >= 0.6 is 11.3 Å². The van der Waals surface area contributed by atoms with E-state index in [9.17, 15) is 4.39 Å². The summed E-state index contributed by atoms with van der Waals surface area (Å²) in [5.41, 5.74) is 1.32. The molecular formula is C11H13FN4S. The van der Waals surface area contributed by atoms with Crippen molar-refractivity contribution < 1.29 is 4.39 Å². The molecule has 0 amide bonds. The maximum Gasteiger partial charge on any atom is 0.186 e. The van der Waals surface area contributed by atoms with Gasteiger partial charge < -0.3 is 5.32 Å². The molecule has 2 heterocycles. The number of aryl methyl sites for hydroxylation is 2. The first-order valence-electron chi connectivity index (χ1n) is 5.35. The third-order valence-electron chi connectivity index (χ3n) is 2.30. The van der Waals surface area contributed by atoms with E-state index in [1.165, 1.54) is 6.33 Å². The molecule has 0 radical (unpaired) electrons. The molecule has 4 nitrogen and oxygen atoms in total. The highest BCUT2D eigenvalue weighted by molar-refractivity contribution is 7.09. The van der Waals surface area contributed by atoms with Crippen molar-refractivity contribution in [2.45, 2.75) is 26.8 Å².